The minimum atomic E-state index is -0.726. The maximum absolute atomic E-state index is 11.2. The molecule has 0 unspecified atom stereocenters. The SMILES string of the molecule is Cn1ncc([N+](=O)[O-])c1N1CC[C@H](O)[C@@H](N=[N+]=[N-])C2(CC2)C1. The number of aromatic nitrogens is 2. The average molecular weight is 307 g/mol. The Morgan fingerprint density at radius 3 is 2.95 bits per heavy atom. The third-order valence-electron chi connectivity index (χ3n) is 4.65. The second kappa shape index (κ2) is 5.15. The fourth-order valence-electron chi connectivity index (χ4n) is 3.37. The Labute approximate surface area is 126 Å². The van der Waals surface area contributed by atoms with Crippen LogP contribution in [0.25, 0.3) is 10.4 Å². The van der Waals surface area contributed by atoms with Crippen LogP contribution >= 0.6 is 0 Å². The maximum Gasteiger partial charge on any atom is 0.331 e. The van der Waals surface area contributed by atoms with E-state index in [2.05, 4.69) is 15.1 Å². The summed E-state index contributed by atoms with van der Waals surface area (Å²) in [6.07, 6.45) is 2.59. The monoisotopic (exact) mass is 307 g/mol. The lowest BCUT2D eigenvalue weighted by molar-refractivity contribution is -0.384. The predicted octanol–water partition coefficient (Wildman–Crippen LogP) is 1.36. The molecule has 1 aromatic rings. The van der Waals surface area contributed by atoms with Crippen molar-refractivity contribution in [2.45, 2.75) is 31.4 Å². The normalized spacial score (nSPS) is 26.4. The largest absolute Gasteiger partial charge is 0.393 e. The van der Waals surface area contributed by atoms with E-state index in [0.29, 0.717) is 25.3 Å². The Morgan fingerprint density at radius 2 is 2.36 bits per heavy atom. The Balaban J connectivity index is 1.96. The highest BCUT2D eigenvalue weighted by atomic mass is 16.6. The minimum Gasteiger partial charge on any atom is -0.393 e. The summed E-state index contributed by atoms with van der Waals surface area (Å²) in [5.41, 5.74) is 8.39. The van der Waals surface area contributed by atoms with E-state index in [1.165, 1.54) is 10.9 Å². The topological polar surface area (TPSA) is 133 Å². The molecule has 2 heterocycles. The molecule has 0 radical (unpaired) electrons. The molecular formula is C12H17N7O3. The van der Waals surface area contributed by atoms with Gasteiger partial charge in [-0.3, -0.25) is 10.1 Å². The summed E-state index contributed by atoms with van der Waals surface area (Å²) in [5.74, 6) is 0.435. The van der Waals surface area contributed by atoms with Gasteiger partial charge in [0.2, 0.25) is 5.82 Å². The standard InChI is InChI=1S/C12H17N7O3/c1-17-11(8(6-14-17)19(21)22)18-5-2-9(20)10(15-16-13)12(7-18)3-4-12/h6,9-10,20H,2-5,7H2,1H3/t9-,10+/m0/s1. The van der Waals surface area contributed by atoms with E-state index < -0.39 is 17.1 Å². The zero-order chi connectivity index (χ0) is 15.9. The molecule has 118 valence electrons. The van der Waals surface area contributed by atoms with Crippen molar-refractivity contribution in [3.63, 3.8) is 0 Å². The summed E-state index contributed by atoms with van der Waals surface area (Å²) in [6.45, 7) is 0.981. The van der Waals surface area contributed by atoms with Gasteiger partial charge in [-0.2, -0.15) is 5.10 Å². The number of aliphatic hydroxyl groups excluding tert-OH is 1. The molecule has 1 aliphatic carbocycles. The Kier molecular flexibility index (Phi) is 3.42. The van der Waals surface area contributed by atoms with Crippen LogP contribution in [0.3, 0.4) is 0 Å². The van der Waals surface area contributed by atoms with Gasteiger partial charge in [-0.05, 0) is 30.2 Å². The highest BCUT2D eigenvalue weighted by Crippen LogP contribution is 2.54. The van der Waals surface area contributed by atoms with Gasteiger partial charge in [0.1, 0.15) is 6.20 Å². The molecule has 1 aromatic heterocycles. The second-order valence-corrected chi connectivity index (χ2v) is 6.02. The molecule has 1 saturated heterocycles. The van der Waals surface area contributed by atoms with Crippen molar-refractivity contribution >= 4 is 11.5 Å². The van der Waals surface area contributed by atoms with Gasteiger partial charge in [-0.25, -0.2) is 4.68 Å². The number of anilines is 1. The first kappa shape index (κ1) is 14.6. The number of nitro groups is 1. The molecule has 2 aliphatic rings. The lowest BCUT2D eigenvalue weighted by Gasteiger charge is -2.27. The van der Waals surface area contributed by atoms with Crippen molar-refractivity contribution in [2.75, 3.05) is 18.0 Å². The van der Waals surface area contributed by atoms with Gasteiger partial charge in [0, 0.05) is 25.0 Å². The van der Waals surface area contributed by atoms with Crippen molar-refractivity contribution in [2.24, 2.45) is 17.6 Å². The van der Waals surface area contributed by atoms with Crippen LogP contribution in [-0.2, 0) is 7.05 Å². The summed E-state index contributed by atoms with van der Waals surface area (Å²) in [6, 6.07) is -0.477. The molecule has 10 nitrogen and oxygen atoms in total. The van der Waals surface area contributed by atoms with E-state index in [0.717, 1.165) is 12.8 Å². The molecule has 0 bridgehead atoms. The molecule has 1 spiro atoms. The molecular weight excluding hydrogens is 290 g/mol. The molecule has 1 saturated carbocycles. The molecule has 1 aliphatic heterocycles. The highest BCUT2D eigenvalue weighted by Gasteiger charge is 2.54. The van der Waals surface area contributed by atoms with Gasteiger partial charge in [0.25, 0.3) is 0 Å². The Morgan fingerprint density at radius 1 is 1.64 bits per heavy atom. The van der Waals surface area contributed by atoms with Gasteiger partial charge in [-0.1, -0.05) is 5.11 Å². The number of aryl methyl sites for hydroxylation is 1. The fourth-order valence-corrected chi connectivity index (χ4v) is 3.37. The summed E-state index contributed by atoms with van der Waals surface area (Å²) in [7, 11) is 1.66. The van der Waals surface area contributed by atoms with Crippen LogP contribution in [0.2, 0.25) is 0 Å². The van der Waals surface area contributed by atoms with E-state index in [4.69, 9.17) is 5.53 Å². The maximum atomic E-state index is 11.2. The van der Waals surface area contributed by atoms with Gasteiger partial charge < -0.3 is 10.0 Å². The van der Waals surface area contributed by atoms with E-state index in [9.17, 15) is 15.2 Å². The lowest BCUT2D eigenvalue weighted by Crippen LogP contribution is -2.36. The van der Waals surface area contributed by atoms with Crippen LogP contribution in [-0.4, -0.2) is 45.0 Å². The van der Waals surface area contributed by atoms with Crippen molar-refractivity contribution in [1.29, 1.82) is 0 Å². The number of hydrogen-bond acceptors (Lipinski definition) is 6. The molecule has 10 heteroatoms. The van der Waals surface area contributed by atoms with Crippen LogP contribution in [0.15, 0.2) is 11.3 Å². The summed E-state index contributed by atoms with van der Waals surface area (Å²) >= 11 is 0. The van der Waals surface area contributed by atoms with Crippen molar-refractivity contribution in [1.82, 2.24) is 9.78 Å². The minimum absolute atomic E-state index is 0.0463. The van der Waals surface area contributed by atoms with Crippen LogP contribution in [0, 0.1) is 15.5 Å². The van der Waals surface area contributed by atoms with Crippen LogP contribution in [0.4, 0.5) is 11.5 Å². The predicted molar refractivity (Wildman–Crippen MR) is 77.3 cm³/mol. The number of aliphatic hydroxyl groups is 1. The Hall–Kier alpha value is -2.32. The van der Waals surface area contributed by atoms with Crippen molar-refractivity contribution in [3.05, 3.63) is 26.8 Å². The summed E-state index contributed by atoms with van der Waals surface area (Å²) < 4.78 is 1.48. The number of hydrogen-bond donors (Lipinski definition) is 1. The van der Waals surface area contributed by atoms with Crippen molar-refractivity contribution < 1.29 is 10.0 Å². The first-order valence-electron chi connectivity index (χ1n) is 7.12. The molecule has 0 aromatic carbocycles. The molecule has 22 heavy (non-hydrogen) atoms. The summed E-state index contributed by atoms with van der Waals surface area (Å²) in [4.78, 5) is 15.5. The van der Waals surface area contributed by atoms with Gasteiger partial charge in [-0.15, -0.1) is 0 Å². The van der Waals surface area contributed by atoms with Gasteiger partial charge in [0.15, 0.2) is 0 Å². The average Bonchev–Trinajstić information content (AvgIpc) is 3.17. The van der Waals surface area contributed by atoms with Gasteiger partial charge in [0.05, 0.1) is 17.1 Å². The quantitative estimate of drug-likeness (QED) is 0.296. The van der Waals surface area contributed by atoms with E-state index in [1.807, 2.05) is 4.90 Å². The van der Waals surface area contributed by atoms with Crippen molar-refractivity contribution in [3.8, 4) is 0 Å². The zero-order valence-electron chi connectivity index (χ0n) is 12.2. The first-order valence-corrected chi connectivity index (χ1v) is 7.12. The van der Waals surface area contributed by atoms with Gasteiger partial charge >= 0.3 is 5.69 Å². The van der Waals surface area contributed by atoms with E-state index >= 15 is 0 Å². The van der Waals surface area contributed by atoms with Crippen LogP contribution in [0.5, 0.6) is 0 Å². The number of nitrogens with zero attached hydrogens (tertiary/aromatic N) is 7. The molecule has 0 amide bonds. The highest BCUT2D eigenvalue weighted by molar-refractivity contribution is 5.58. The smallest absolute Gasteiger partial charge is 0.331 e. The molecule has 3 rings (SSSR count). The third kappa shape index (κ3) is 2.26. The third-order valence-corrected chi connectivity index (χ3v) is 4.65. The Bertz CT molecular complexity index is 647. The second-order valence-electron chi connectivity index (χ2n) is 6.02. The summed E-state index contributed by atoms with van der Waals surface area (Å²) in [5, 5.41) is 29.2. The number of azide groups is 1. The van der Waals surface area contributed by atoms with Crippen LogP contribution < -0.4 is 4.90 Å². The molecule has 1 N–H and O–H groups in total. The first-order chi connectivity index (χ1) is 10.5. The molecule has 2 atom stereocenters. The van der Waals surface area contributed by atoms with Crippen LogP contribution in [0.1, 0.15) is 19.3 Å². The zero-order valence-corrected chi connectivity index (χ0v) is 12.2. The van der Waals surface area contributed by atoms with E-state index in [1.54, 1.807) is 7.05 Å². The molecule has 2 fully saturated rings. The lowest BCUT2D eigenvalue weighted by atomic mass is 9.92. The fraction of sp³-hybridized carbons (Fsp3) is 0.750. The van der Waals surface area contributed by atoms with E-state index in [-0.39, 0.29) is 11.1 Å². The number of rotatable bonds is 3.